The van der Waals surface area contributed by atoms with Gasteiger partial charge in [-0.25, -0.2) is 0 Å². The first-order chi connectivity index (χ1) is 9.64. The SMILES string of the molecule is C=C(C)C(=O)Nc1cc(C)c(/N=N/S(=O)(=O)O)cc1OC. The lowest BCUT2D eigenvalue weighted by Gasteiger charge is -2.12. The molecule has 9 heteroatoms. The lowest BCUT2D eigenvalue weighted by molar-refractivity contribution is -0.112. The van der Waals surface area contributed by atoms with Crippen molar-refractivity contribution in [3.05, 3.63) is 29.8 Å². The summed E-state index contributed by atoms with van der Waals surface area (Å²) in [5, 5.41) is 6.02. The topological polar surface area (TPSA) is 117 Å². The van der Waals surface area contributed by atoms with Crippen LogP contribution < -0.4 is 10.1 Å². The van der Waals surface area contributed by atoms with Gasteiger partial charge in [0.15, 0.2) is 0 Å². The summed E-state index contributed by atoms with van der Waals surface area (Å²) in [5.74, 6) is -0.112. The highest BCUT2D eigenvalue weighted by atomic mass is 32.2. The second-order valence-corrected chi connectivity index (χ2v) is 5.26. The molecule has 0 heterocycles. The van der Waals surface area contributed by atoms with E-state index in [-0.39, 0.29) is 17.3 Å². The minimum Gasteiger partial charge on any atom is -0.494 e. The molecule has 8 nitrogen and oxygen atoms in total. The Morgan fingerprint density at radius 1 is 1.43 bits per heavy atom. The summed E-state index contributed by atoms with van der Waals surface area (Å²) < 4.78 is 37.5. The largest absolute Gasteiger partial charge is 0.494 e. The van der Waals surface area contributed by atoms with E-state index in [4.69, 9.17) is 9.29 Å². The Morgan fingerprint density at radius 2 is 2.05 bits per heavy atom. The molecule has 0 saturated heterocycles. The molecule has 1 amide bonds. The van der Waals surface area contributed by atoms with Gasteiger partial charge in [0.05, 0.1) is 18.5 Å². The molecule has 0 unspecified atom stereocenters. The van der Waals surface area contributed by atoms with Gasteiger partial charge < -0.3 is 10.1 Å². The molecule has 0 aliphatic carbocycles. The molecule has 0 saturated carbocycles. The number of amides is 1. The predicted octanol–water partition coefficient (Wildman–Crippen LogP) is 2.40. The van der Waals surface area contributed by atoms with E-state index in [1.165, 1.54) is 19.2 Å². The fourth-order valence-electron chi connectivity index (χ4n) is 1.38. The Hall–Kier alpha value is -2.26. The smallest absolute Gasteiger partial charge is 0.396 e. The Labute approximate surface area is 122 Å². The number of ether oxygens (including phenoxy) is 1. The normalized spacial score (nSPS) is 11.4. The van der Waals surface area contributed by atoms with Crippen LogP contribution in [-0.4, -0.2) is 26.0 Å². The molecule has 1 rings (SSSR count). The zero-order valence-electron chi connectivity index (χ0n) is 11.7. The van der Waals surface area contributed by atoms with Gasteiger partial charge in [-0.2, -0.15) is 8.42 Å². The second kappa shape index (κ2) is 6.46. The van der Waals surface area contributed by atoms with Gasteiger partial charge in [-0.3, -0.25) is 9.35 Å². The number of methoxy groups -OCH3 is 1. The molecular formula is C12H15N3O5S. The molecule has 0 radical (unpaired) electrons. The van der Waals surface area contributed by atoms with Crippen molar-refractivity contribution in [2.75, 3.05) is 12.4 Å². The van der Waals surface area contributed by atoms with Crippen LogP contribution in [0.3, 0.4) is 0 Å². The number of aryl methyl sites for hydroxylation is 1. The van der Waals surface area contributed by atoms with Gasteiger partial charge in [0, 0.05) is 11.6 Å². The summed E-state index contributed by atoms with van der Waals surface area (Å²) in [4.78, 5) is 11.6. The number of hydrogen-bond donors (Lipinski definition) is 2. The molecule has 21 heavy (non-hydrogen) atoms. The monoisotopic (exact) mass is 313 g/mol. The van der Waals surface area contributed by atoms with Crippen molar-refractivity contribution in [3.8, 4) is 5.75 Å². The lowest BCUT2D eigenvalue weighted by Crippen LogP contribution is -2.12. The number of nitrogens with one attached hydrogen (secondary N) is 1. The number of hydrogen-bond acceptors (Lipinski definition) is 5. The van der Waals surface area contributed by atoms with Crippen molar-refractivity contribution in [1.29, 1.82) is 0 Å². The third kappa shape index (κ3) is 4.97. The molecule has 2 N–H and O–H groups in total. The maximum atomic E-state index is 11.6. The second-order valence-electron chi connectivity index (χ2n) is 4.20. The van der Waals surface area contributed by atoms with Crippen LogP contribution in [0.1, 0.15) is 12.5 Å². The molecule has 0 atom stereocenters. The molecule has 0 aliphatic rings. The first kappa shape index (κ1) is 16.8. The van der Waals surface area contributed by atoms with Crippen molar-refractivity contribution in [2.24, 2.45) is 9.63 Å². The quantitative estimate of drug-likeness (QED) is 0.491. The average Bonchev–Trinajstić information content (AvgIpc) is 2.36. The highest BCUT2D eigenvalue weighted by Crippen LogP contribution is 2.33. The average molecular weight is 313 g/mol. The Kier molecular flexibility index (Phi) is 5.17. The van der Waals surface area contributed by atoms with Crippen molar-refractivity contribution in [1.82, 2.24) is 0 Å². The Bertz CT molecular complexity index is 710. The van der Waals surface area contributed by atoms with E-state index in [0.29, 0.717) is 16.8 Å². The molecule has 0 spiro atoms. The van der Waals surface area contributed by atoms with Gasteiger partial charge in [0.2, 0.25) is 0 Å². The van der Waals surface area contributed by atoms with E-state index in [2.05, 4.69) is 21.5 Å². The van der Waals surface area contributed by atoms with Crippen molar-refractivity contribution in [3.63, 3.8) is 0 Å². The molecular weight excluding hydrogens is 298 g/mol. The summed E-state index contributed by atoms with van der Waals surface area (Å²) in [7, 11) is -3.18. The summed E-state index contributed by atoms with van der Waals surface area (Å²) in [6.07, 6.45) is 0. The van der Waals surface area contributed by atoms with Crippen LogP contribution in [-0.2, 0) is 15.1 Å². The number of rotatable bonds is 5. The van der Waals surface area contributed by atoms with E-state index in [0.717, 1.165) is 0 Å². The summed E-state index contributed by atoms with van der Waals surface area (Å²) in [6.45, 7) is 6.71. The predicted molar refractivity (Wildman–Crippen MR) is 77.2 cm³/mol. The third-order valence-corrected chi connectivity index (χ3v) is 2.69. The first-order valence-electron chi connectivity index (χ1n) is 5.70. The number of carbonyl (C=O) groups excluding carboxylic acids is 1. The maximum absolute atomic E-state index is 11.6. The van der Waals surface area contributed by atoms with Crippen LogP contribution in [0, 0.1) is 6.92 Å². The molecule has 0 fully saturated rings. The minimum atomic E-state index is -4.56. The highest BCUT2D eigenvalue weighted by Gasteiger charge is 2.12. The van der Waals surface area contributed by atoms with Crippen LogP contribution in [0.15, 0.2) is 33.9 Å². The van der Waals surface area contributed by atoms with E-state index in [9.17, 15) is 13.2 Å². The summed E-state index contributed by atoms with van der Waals surface area (Å²) >= 11 is 0. The highest BCUT2D eigenvalue weighted by molar-refractivity contribution is 7.84. The van der Waals surface area contributed by atoms with Gasteiger partial charge in [-0.1, -0.05) is 6.58 Å². The standard InChI is InChI=1S/C12H15N3O5S/c1-7(2)12(16)13-10-5-8(3)9(6-11(10)20-4)14-15-21(17,18)19/h5-6H,1H2,2-4H3,(H,13,16)(H,17,18,19)/b15-14+. The third-order valence-electron chi connectivity index (χ3n) is 2.41. The number of carbonyl (C=O) groups is 1. The van der Waals surface area contributed by atoms with Gasteiger partial charge >= 0.3 is 10.3 Å². The van der Waals surface area contributed by atoms with Gasteiger partial charge in [0.25, 0.3) is 5.91 Å². The van der Waals surface area contributed by atoms with Crippen LogP contribution in [0.2, 0.25) is 0 Å². The fraction of sp³-hybridized carbons (Fsp3) is 0.250. The number of nitrogens with zero attached hydrogens (tertiary/aromatic N) is 2. The van der Waals surface area contributed by atoms with Crippen LogP contribution in [0.4, 0.5) is 11.4 Å². The molecule has 0 aromatic heterocycles. The molecule has 1 aromatic rings. The minimum absolute atomic E-state index is 0.179. The fourth-order valence-corrected chi connectivity index (χ4v) is 1.57. The zero-order valence-corrected chi connectivity index (χ0v) is 12.6. The van der Waals surface area contributed by atoms with Crippen molar-refractivity contribution >= 4 is 27.6 Å². The molecule has 0 bridgehead atoms. The molecule has 1 aromatic carbocycles. The van der Waals surface area contributed by atoms with Gasteiger partial charge in [-0.15, -0.1) is 5.11 Å². The van der Waals surface area contributed by atoms with Gasteiger partial charge in [-0.05, 0) is 30.0 Å². The summed E-state index contributed by atoms with van der Waals surface area (Å²) in [6, 6.07) is 2.93. The molecule has 0 aliphatic heterocycles. The van der Waals surface area contributed by atoms with Crippen LogP contribution >= 0.6 is 0 Å². The Morgan fingerprint density at radius 3 is 2.52 bits per heavy atom. The lowest BCUT2D eigenvalue weighted by atomic mass is 10.1. The van der Waals surface area contributed by atoms with E-state index < -0.39 is 10.3 Å². The Balaban J connectivity index is 3.22. The van der Waals surface area contributed by atoms with Crippen molar-refractivity contribution < 1.29 is 22.5 Å². The van der Waals surface area contributed by atoms with Gasteiger partial charge in [0.1, 0.15) is 5.75 Å². The van der Waals surface area contributed by atoms with E-state index >= 15 is 0 Å². The van der Waals surface area contributed by atoms with Crippen LogP contribution in [0.5, 0.6) is 5.75 Å². The number of benzene rings is 1. The van der Waals surface area contributed by atoms with Crippen molar-refractivity contribution in [2.45, 2.75) is 13.8 Å². The van der Waals surface area contributed by atoms with Crippen LogP contribution in [0.25, 0.3) is 0 Å². The molecule has 114 valence electrons. The zero-order chi connectivity index (χ0) is 16.2. The van der Waals surface area contributed by atoms with E-state index in [1.807, 2.05) is 0 Å². The summed E-state index contributed by atoms with van der Waals surface area (Å²) in [5.41, 5.74) is 1.41. The maximum Gasteiger partial charge on any atom is 0.396 e. The number of anilines is 1. The first-order valence-corrected chi connectivity index (χ1v) is 7.09. The van der Waals surface area contributed by atoms with E-state index in [1.54, 1.807) is 13.8 Å².